The van der Waals surface area contributed by atoms with Crippen LogP contribution in [0, 0.1) is 0 Å². The van der Waals surface area contributed by atoms with Crippen LogP contribution in [-0.2, 0) is 4.74 Å². The van der Waals surface area contributed by atoms with Crippen LogP contribution in [0.3, 0.4) is 0 Å². The summed E-state index contributed by atoms with van der Waals surface area (Å²) in [6, 6.07) is 5.29. The third kappa shape index (κ3) is 3.30. The van der Waals surface area contributed by atoms with Crippen LogP contribution in [0.25, 0.3) is 10.2 Å². The Morgan fingerprint density at radius 3 is 2.97 bits per heavy atom. The van der Waals surface area contributed by atoms with E-state index in [0.29, 0.717) is 24.1 Å². The molecule has 4 aliphatic rings. The van der Waals surface area contributed by atoms with E-state index >= 15 is 0 Å². The molecule has 6 heterocycles. The van der Waals surface area contributed by atoms with Gasteiger partial charge in [-0.3, -0.25) is 10.00 Å². The lowest BCUT2D eigenvalue weighted by Crippen LogP contribution is -2.49. The first-order chi connectivity index (χ1) is 15.3. The fourth-order valence-electron chi connectivity index (χ4n) is 5.45. The van der Waals surface area contributed by atoms with Gasteiger partial charge in [-0.25, -0.2) is 4.98 Å². The highest BCUT2D eigenvalue weighted by molar-refractivity contribution is 7.17. The predicted molar refractivity (Wildman–Crippen MR) is 121 cm³/mol. The fourth-order valence-corrected chi connectivity index (χ4v) is 6.23. The van der Waals surface area contributed by atoms with Gasteiger partial charge in [-0.15, -0.1) is 11.3 Å². The van der Waals surface area contributed by atoms with Crippen molar-refractivity contribution in [1.29, 1.82) is 0 Å². The third-order valence-corrected chi connectivity index (χ3v) is 8.12. The molecule has 162 valence electrons. The molecule has 7 rings (SSSR count). The van der Waals surface area contributed by atoms with Crippen molar-refractivity contribution in [3.8, 4) is 0 Å². The van der Waals surface area contributed by atoms with E-state index in [2.05, 4.69) is 42.8 Å². The van der Waals surface area contributed by atoms with Gasteiger partial charge >= 0.3 is 0 Å². The van der Waals surface area contributed by atoms with Gasteiger partial charge in [-0.05, 0) is 43.6 Å². The van der Waals surface area contributed by atoms with Crippen LogP contribution in [0.1, 0.15) is 43.7 Å². The number of nitrogens with one attached hydrogen (secondary N) is 2. The molecule has 1 aliphatic carbocycles. The number of H-pyrrole nitrogens is 1. The zero-order valence-corrected chi connectivity index (χ0v) is 18.3. The number of aromatic amines is 1. The van der Waals surface area contributed by atoms with Crippen molar-refractivity contribution >= 4 is 39.1 Å². The van der Waals surface area contributed by atoms with Crippen molar-refractivity contribution in [2.24, 2.45) is 0 Å². The number of anilines is 3. The fraction of sp³-hybridized carbons (Fsp3) is 0.591. The predicted octanol–water partition coefficient (Wildman–Crippen LogP) is 3.48. The maximum Gasteiger partial charge on any atom is 0.228 e. The number of aromatic nitrogens is 4. The summed E-state index contributed by atoms with van der Waals surface area (Å²) >= 11 is 1.68. The zero-order valence-electron chi connectivity index (χ0n) is 17.5. The molecule has 3 saturated heterocycles. The number of rotatable bonds is 6. The van der Waals surface area contributed by atoms with Gasteiger partial charge in [-0.2, -0.15) is 10.1 Å². The molecule has 3 aromatic heterocycles. The van der Waals surface area contributed by atoms with Crippen LogP contribution in [0.15, 0.2) is 17.5 Å². The van der Waals surface area contributed by atoms with Gasteiger partial charge in [0.2, 0.25) is 5.95 Å². The maximum atomic E-state index is 5.87. The van der Waals surface area contributed by atoms with Crippen LogP contribution in [0.5, 0.6) is 0 Å². The molecule has 0 radical (unpaired) electrons. The van der Waals surface area contributed by atoms with E-state index in [4.69, 9.17) is 14.7 Å². The Labute approximate surface area is 185 Å². The quantitative estimate of drug-likeness (QED) is 0.611. The van der Waals surface area contributed by atoms with Crippen LogP contribution >= 0.6 is 11.3 Å². The number of piperazine rings is 1. The van der Waals surface area contributed by atoms with Crippen molar-refractivity contribution in [2.75, 3.05) is 36.5 Å². The number of likely N-dealkylation sites (tertiary alicyclic amines) is 1. The number of hydrogen-bond donors (Lipinski definition) is 2. The molecule has 0 spiro atoms. The maximum absolute atomic E-state index is 5.87. The number of hydrogen-bond acceptors (Lipinski definition) is 8. The van der Waals surface area contributed by atoms with Gasteiger partial charge in [0.05, 0.1) is 22.0 Å². The minimum atomic E-state index is 0.428. The Morgan fingerprint density at radius 2 is 2.16 bits per heavy atom. The molecule has 1 saturated carbocycles. The summed E-state index contributed by atoms with van der Waals surface area (Å²) in [6.45, 7) is 4.10. The topological polar surface area (TPSA) is 82.2 Å². The van der Waals surface area contributed by atoms with Gasteiger partial charge in [0.25, 0.3) is 0 Å². The minimum Gasteiger partial charge on any atom is -0.377 e. The van der Waals surface area contributed by atoms with Gasteiger partial charge in [0.15, 0.2) is 5.82 Å². The molecule has 3 aromatic rings. The lowest BCUT2D eigenvalue weighted by molar-refractivity contribution is 0.0667. The Hall–Kier alpha value is -2.23. The highest BCUT2D eigenvalue weighted by atomic mass is 32.1. The normalized spacial score (nSPS) is 28.3. The smallest absolute Gasteiger partial charge is 0.228 e. The van der Waals surface area contributed by atoms with Gasteiger partial charge in [0.1, 0.15) is 5.82 Å². The van der Waals surface area contributed by atoms with Crippen LogP contribution < -0.4 is 10.2 Å². The van der Waals surface area contributed by atoms with Gasteiger partial charge < -0.3 is 15.0 Å². The van der Waals surface area contributed by atoms with Gasteiger partial charge in [-0.1, -0.05) is 0 Å². The van der Waals surface area contributed by atoms with E-state index in [1.54, 1.807) is 11.3 Å². The molecule has 2 N–H and O–H groups in total. The molecule has 8 nitrogen and oxygen atoms in total. The molecule has 0 aromatic carbocycles. The Balaban J connectivity index is 1.12. The van der Waals surface area contributed by atoms with Crippen LogP contribution in [0.4, 0.5) is 17.6 Å². The van der Waals surface area contributed by atoms with Crippen molar-refractivity contribution in [2.45, 2.75) is 56.2 Å². The van der Waals surface area contributed by atoms with Crippen molar-refractivity contribution in [3.63, 3.8) is 0 Å². The number of nitrogens with zero attached hydrogens (tertiary/aromatic N) is 5. The Kier molecular flexibility index (Phi) is 4.23. The summed E-state index contributed by atoms with van der Waals surface area (Å²) in [7, 11) is 0. The average Bonchev–Trinajstić information content (AvgIpc) is 3.32. The monoisotopic (exact) mass is 437 g/mol. The molecule has 3 aliphatic heterocycles. The second-order valence-corrected chi connectivity index (χ2v) is 10.3. The molecule has 4 fully saturated rings. The van der Waals surface area contributed by atoms with Crippen LogP contribution in [-0.4, -0.2) is 69.5 Å². The zero-order chi connectivity index (χ0) is 20.4. The summed E-state index contributed by atoms with van der Waals surface area (Å²) in [6.07, 6.45) is 6.54. The average molecular weight is 438 g/mol. The molecular formula is C22H27N7OS. The highest BCUT2D eigenvalue weighted by Gasteiger charge is 2.45. The standard InChI is InChI=1S/C22H27N7OS/c1-2-16(30-6-1)12-28-10-15-8-14(28)11-29(15)22-23-17-5-7-31-20(17)21(25-22)24-19-9-18(26-27-19)13-3-4-13/h5,7,9,13-16H,1-4,6,8,10-12H2,(H2,23,24,25,26,27)/t14-,15-,16?/m0/s1. The summed E-state index contributed by atoms with van der Waals surface area (Å²) < 4.78 is 6.96. The lowest BCUT2D eigenvalue weighted by Gasteiger charge is -2.35. The molecule has 31 heavy (non-hydrogen) atoms. The molecule has 1 unspecified atom stereocenters. The summed E-state index contributed by atoms with van der Waals surface area (Å²) in [5.74, 6) is 3.26. The number of thiophene rings is 1. The summed E-state index contributed by atoms with van der Waals surface area (Å²) in [5, 5.41) is 13.2. The molecule has 0 amide bonds. The number of fused-ring (bicyclic) bond motifs is 3. The Bertz CT molecular complexity index is 1100. The first kappa shape index (κ1) is 18.4. The largest absolute Gasteiger partial charge is 0.377 e. The first-order valence-electron chi connectivity index (χ1n) is 11.5. The van der Waals surface area contributed by atoms with Crippen molar-refractivity contribution < 1.29 is 4.74 Å². The molecule has 2 bridgehead atoms. The second-order valence-electron chi connectivity index (χ2n) is 9.40. The molecule has 9 heteroatoms. The summed E-state index contributed by atoms with van der Waals surface area (Å²) in [4.78, 5) is 15.0. The number of ether oxygens (including phenoxy) is 1. The highest BCUT2D eigenvalue weighted by Crippen LogP contribution is 2.40. The van der Waals surface area contributed by atoms with E-state index in [0.717, 1.165) is 59.7 Å². The van der Waals surface area contributed by atoms with Crippen LogP contribution in [0.2, 0.25) is 0 Å². The van der Waals surface area contributed by atoms with Crippen molar-refractivity contribution in [1.82, 2.24) is 25.1 Å². The van der Waals surface area contributed by atoms with Gasteiger partial charge in [0, 0.05) is 50.3 Å². The molecule has 3 atom stereocenters. The molecular weight excluding hydrogens is 410 g/mol. The van der Waals surface area contributed by atoms with E-state index in [1.807, 2.05) is 0 Å². The minimum absolute atomic E-state index is 0.428. The summed E-state index contributed by atoms with van der Waals surface area (Å²) in [5.41, 5.74) is 2.17. The first-order valence-corrected chi connectivity index (χ1v) is 12.4. The van der Waals surface area contributed by atoms with E-state index in [1.165, 1.54) is 32.1 Å². The van der Waals surface area contributed by atoms with E-state index in [-0.39, 0.29) is 0 Å². The van der Waals surface area contributed by atoms with E-state index in [9.17, 15) is 0 Å². The third-order valence-electron chi connectivity index (χ3n) is 7.21. The second kappa shape index (κ2) is 7.15. The van der Waals surface area contributed by atoms with E-state index < -0.39 is 0 Å². The Morgan fingerprint density at radius 1 is 1.19 bits per heavy atom. The van der Waals surface area contributed by atoms with Crippen molar-refractivity contribution in [3.05, 3.63) is 23.2 Å². The lowest BCUT2D eigenvalue weighted by atomic mass is 10.2. The SMILES string of the molecule is c1cc2nc(N3C[C@@H]4C[C@H]3CN4CC3CCCO3)nc(Nc3cc(C4CC4)n[nH]3)c2s1.